The van der Waals surface area contributed by atoms with Crippen LogP contribution >= 0.6 is 0 Å². The summed E-state index contributed by atoms with van der Waals surface area (Å²) in [4.78, 5) is 22.6. The maximum Gasteiger partial charge on any atom is 0.337 e. The predicted octanol–water partition coefficient (Wildman–Crippen LogP) is 2.50. The van der Waals surface area contributed by atoms with Gasteiger partial charge in [0.2, 0.25) is 0 Å². The third kappa shape index (κ3) is 5.38. The molecule has 0 saturated heterocycles. The van der Waals surface area contributed by atoms with E-state index in [2.05, 4.69) is 0 Å². The van der Waals surface area contributed by atoms with Crippen molar-refractivity contribution in [3.63, 3.8) is 0 Å². The summed E-state index contributed by atoms with van der Waals surface area (Å²) in [6.07, 6.45) is 1.67. The molecule has 0 bridgehead atoms. The lowest BCUT2D eigenvalue weighted by atomic mass is 10.1. The normalized spacial score (nSPS) is 11.0. The Kier molecular flexibility index (Phi) is 5.79. The Labute approximate surface area is 113 Å². The van der Waals surface area contributed by atoms with Crippen molar-refractivity contribution in [2.75, 3.05) is 13.2 Å². The van der Waals surface area contributed by atoms with Gasteiger partial charge in [-0.25, -0.2) is 4.79 Å². The Bertz CT molecular complexity index is 471. The summed E-state index contributed by atoms with van der Waals surface area (Å²) >= 11 is 0. The molecular formula is C15H18O4. The summed E-state index contributed by atoms with van der Waals surface area (Å²) < 4.78 is 9.79. The summed E-state index contributed by atoms with van der Waals surface area (Å²) in [7, 11) is 0. The highest BCUT2D eigenvalue weighted by molar-refractivity contribution is 5.94. The maximum atomic E-state index is 11.7. The molecule has 102 valence electrons. The van der Waals surface area contributed by atoms with Crippen LogP contribution in [0.4, 0.5) is 0 Å². The number of carbonyl (C=O) groups excluding carboxylic acids is 2. The predicted molar refractivity (Wildman–Crippen MR) is 72.4 cm³/mol. The molecule has 0 amide bonds. The van der Waals surface area contributed by atoms with Crippen LogP contribution in [0.1, 0.15) is 25.0 Å². The minimum Gasteiger partial charge on any atom is -0.463 e. The minimum atomic E-state index is -0.468. The first-order valence-electron chi connectivity index (χ1n) is 6.10. The number of rotatable bonds is 5. The zero-order valence-corrected chi connectivity index (χ0v) is 11.4. The lowest BCUT2D eigenvalue weighted by Crippen LogP contribution is -2.14. The molecule has 19 heavy (non-hydrogen) atoms. The molecule has 0 aliphatic heterocycles. The summed E-state index contributed by atoms with van der Waals surface area (Å²) in [6.45, 7) is 5.21. The third-order valence-corrected chi connectivity index (χ3v) is 2.39. The molecule has 0 aliphatic carbocycles. The second-order valence-electron chi connectivity index (χ2n) is 4.08. The van der Waals surface area contributed by atoms with Gasteiger partial charge in [-0.1, -0.05) is 29.8 Å². The summed E-state index contributed by atoms with van der Waals surface area (Å²) in [5, 5.41) is 0. The number of hydrogen-bond acceptors (Lipinski definition) is 4. The van der Waals surface area contributed by atoms with E-state index in [1.165, 1.54) is 6.92 Å². The smallest absolute Gasteiger partial charge is 0.337 e. The van der Waals surface area contributed by atoms with E-state index in [4.69, 9.17) is 9.47 Å². The highest BCUT2D eigenvalue weighted by Crippen LogP contribution is 2.10. The second kappa shape index (κ2) is 7.36. The molecule has 4 nitrogen and oxygen atoms in total. The summed E-state index contributed by atoms with van der Waals surface area (Å²) in [5.74, 6) is -0.900. The number of benzene rings is 1. The van der Waals surface area contributed by atoms with Crippen molar-refractivity contribution in [2.45, 2.75) is 20.8 Å². The lowest BCUT2D eigenvalue weighted by Gasteiger charge is -2.07. The Balaban J connectivity index is 2.90. The molecule has 4 heteroatoms. The van der Waals surface area contributed by atoms with Gasteiger partial charge in [-0.2, -0.15) is 0 Å². The van der Waals surface area contributed by atoms with E-state index in [9.17, 15) is 9.59 Å². The maximum absolute atomic E-state index is 11.7. The minimum absolute atomic E-state index is 0.0813. The number of aryl methyl sites for hydroxylation is 1. The SMILES string of the molecule is CCOC(=O)/C(=C/c1ccc(C)cc1)COC(C)=O. The average molecular weight is 262 g/mol. The highest BCUT2D eigenvalue weighted by Gasteiger charge is 2.12. The van der Waals surface area contributed by atoms with Crippen molar-refractivity contribution in [1.29, 1.82) is 0 Å². The quantitative estimate of drug-likeness (QED) is 0.604. The van der Waals surface area contributed by atoms with Crippen molar-refractivity contribution >= 4 is 18.0 Å². The van der Waals surface area contributed by atoms with Crippen LogP contribution in [0.3, 0.4) is 0 Å². The van der Waals surface area contributed by atoms with Crippen LogP contribution in [0.15, 0.2) is 29.8 Å². The summed E-state index contributed by atoms with van der Waals surface area (Å²) in [5.41, 5.74) is 2.32. The molecule has 1 rings (SSSR count). The van der Waals surface area contributed by atoms with Gasteiger partial charge in [-0.05, 0) is 25.5 Å². The van der Waals surface area contributed by atoms with E-state index >= 15 is 0 Å². The molecule has 0 aliphatic rings. The monoisotopic (exact) mass is 262 g/mol. The molecule has 0 spiro atoms. The van der Waals surface area contributed by atoms with Gasteiger partial charge in [0.1, 0.15) is 6.61 Å². The Morgan fingerprint density at radius 2 is 1.79 bits per heavy atom. The lowest BCUT2D eigenvalue weighted by molar-refractivity contribution is -0.142. The molecule has 1 aromatic carbocycles. The van der Waals surface area contributed by atoms with Gasteiger partial charge < -0.3 is 9.47 Å². The Hall–Kier alpha value is -2.10. The first-order chi connectivity index (χ1) is 9.02. The van der Waals surface area contributed by atoms with Gasteiger partial charge in [-0.15, -0.1) is 0 Å². The van der Waals surface area contributed by atoms with Gasteiger partial charge in [0, 0.05) is 6.92 Å². The van der Waals surface area contributed by atoms with Crippen LogP contribution in [0.25, 0.3) is 6.08 Å². The molecule has 0 N–H and O–H groups in total. The topological polar surface area (TPSA) is 52.6 Å². The van der Waals surface area contributed by atoms with E-state index < -0.39 is 11.9 Å². The van der Waals surface area contributed by atoms with Crippen LogP contribution in [0.5, 0.6) is 0 Å². The fourth-order valence-electron chi connectivity index (χ4n) is 1.43. The van der Waals surface area contributed by atoms with E-state index in [0.29, 0.717) is 5.57 Å². The molecule has 1 aromatic rings. The van der Waals surface area contributed by atoms with Crippen LogP contribution in [0, 0.1) is 6.92 Å². The second-order valence-corrected chi connectivity index (χ2v) is 4.08. The number of carbonyl (C=O) groups is 2. The molecule has 0 fully saturated rings. The number of hydrogen-bond donors (Lipinski definition) is 0. The van der Waals surface area contributed by atoms with Crippen LogP contribution in [-0.2, 0) is 19.1 Å². The first-order valence-corrected chi connectivity index (χ1v) is 6.10. The molecule has 0 saturated carbocycles. The number of esters is 2. The highest BCUT2D eigenvalue weighted by atomic mass is 16.5. The molecule has 0 aromatic heterocycles. The van der Waals surface area contributed by atoms with E-state index in [1.807, 2.05) is 31.2 Å². The summed E-state index contributed by atoms with van der Waals surface area (Å²) in [6, 6.07) is 7.67. The van der Waals surface area contributed by atoms with E-state index in [1.54, 1.807) is 13.0 Å². The zero-order chi connectivity index (χ0) is 14.3. The van der Waals surface area contributed by atoms with Gasteiger partial charge in [-0.3, -0.25) is 4.79 Å². The fraction of sp³-hybridized carbons (Fsp3) is 0.333. The van der Waals surface area contributed by atoms with E-state index in [0.717, 1.165) is 11.1 Å². The zero-order valence-electron chi connectivity index (χ0n) is 11.4. The van der Waals surface area contributed by atoms with E-state index in [-0.39, 0.29) is 13.2 Å². The number of ether oxygens (including phenoxy) is 2. The molecule has 0 radical (unpaired) electrons. The Morgan fingerprint density at radius 3 is 2.32 bits per heavy atom. The van der Waals surface area contributed by atoms with Gasteiger partial charge in [0.05, 0.1) is 12.2 Å². The Morgan fingerprint density at radius 1 is 1.16 bits per heavy atom. The van der Waals surface area contributed by atoms with Crippen molar-refractivity contribution in [2.24, 2.45) is 0 Å². The van der Waals surface area contributed by atoms with Crippen molar-refractivity contribution < 1.29 is 19.1 Å². The molecule has 0 atom stereocenters. The van der Waals surface area contributed by atoms with Gasteiger partial charge in [0.15, 0.2) is 0 Å². The van der Waals surface area contributed by atoms with Crippen LogP contribution in [-0.4, -0.2) is 25.2 Å². The third-order valence-electron chi connectivity index (χ3n) is 2.39. The first kappa shape index (κ1) is 15.0. The fourth-order valence-corrected chi connectivity index (χ4v) is 1.43. The van der Waals surface area contributed by atoms with Gasteiger partial charge in [0.25, 0.3) is 0 Å². The van der Waals surface area contributed by atoms with Crippen molar-refractivity contribution in [3.8, 4) is 0 Å². The van der Waals surface area contributed by atoms with Crippen molar-refractivity contribution in [3.05, 3.63) is 41.0 Å². The molecule has 0 heterocycles. The van der Waals surface area contributed by atoms with Crippen molar-refractivity contribution in [1.82, 2.24) is 0 Å². The average Bonchev–Trinajstić information content (AvgIpc) is 2.36. The van der Waals surface area contributed by atoms with Crippen LogP contribution in [0.2, 0.25) is 0 Å². The van der Waals surface area contributed by atoms with Crippen LogP contribution < -0.4 is 0 Å². The molecular weight excluding hydrogens is 244 g/mol. The standard InChI is InChI=1S/C15H18O4/c1-4-18-15(17)14(10-19-12(3)16)9-13-7-5-11(2)6-8-13/h5-9H,4,10H2,1-3H3/b14-9+. The van der Waals surface area contributed by atoms with Gasteiger partial charge >= 0.3 is 11.9 Å². The molecule has 0 unspecified atom stereocenters. The largest absolute Gasteiger partial charge is 0.463 e.